The molecule has 22 heavy (non-hydrogen) atoms. The molecule has 0 aliphatic heterocycles. The molecule has 0 saturated carbocycles. The molecule has 0 saturated heterocycles. The second kappa shape index (κ2) is 60.1. The summed E-state index contributed by atoms with van der Waals surface area (Å²) < 4.78 is 0. The standard InChI is InChI=1S/4C2H4O2.Mn.Ni.4H2O/c4*1-2(3)4;;;;;;/h4*1H3,(H,3,4);;;4*1H2/q;;;;2*+2;;;;/p-4. The van der Waals surface area contributed by atoms with Crippen molar-refractivity contribution in [3.05, 3.63) is 0 Å². The summed E-state index contributed by atoms with van der Waals surface area (Å²) in [6.45, 7) is 3.89. The Balaban J connectivity index is -0.00000001000. The maximum absolute atomic E-state index is 8.89. The van der Waals surface area contributed by atoms with Gasteiger partial charge in [0.15, 0.2) is 0 Å². The Labute approximate surface area is 147 Å². The van der Waals surface area contributed by atoms with Crippen LogP contribution in [0.2, 0.25) is 0 Å². The third-order valence-corrected chi connectivity index (χ3v) is 0. The zero-order chi connectivity index (χ0) is 14.3. The predicted octanol–water partition coefficient (Wildman–Crippen LogP) is -8.28. The fourth-order valence-corrected chi connectivity index (χ4v) is 0. The van der Waals surface area contributed by atoms with Crippen molar-refractivity contribution < 1.29 is 95.1 Å². The number of carbonyl (C=O) groups is 4. The van der Waals surface area contributed by atoms with E-state index in [9.17, 15) is 0 Å². The number of aliphatic carboxylic acids is 4. The molecule has 0 aromatic carbocycles. The molecule has 141 valence electrons. The van der Waals surface area contributed by atoms with Crippen LogP contribution in [0.4, 0.5) is 0 Å². The monoisotopic (exact) mass is 421 g/mol. The van der Waals surface area contributed by atoms with Crippen LogP contribution < -0.4 is 20.4 Å². The Bertz CT molecular complexity index is 171. The van der Waals surface area contributed by atoms with Crippen LogP contribution >= 0.6 is 0 Å². The van der Waals surface area contributed by atoms with Gasteiger partial charge in [-0.15, -0.1) is 0 Å². The van der Waals surface area contributed by atoms with Crippen LogP contribution in [-0.2, 0) is 52.7 Å². The van der Waals surface area contributed by atoms with Gasteiger partial charge in [0.2, 0.25) is 0 Å². The molecular weight excluding hydrogens is 402 g/mol. The fraction of sp³-hybridized carbons (Fsp3) is 0.500. The van der Waals surface area contributed by atoms with Gasteiger partial charge in [-0.05, 0) is 27.7 Å². The minimum atomic E-state index is -1.08. The summed E-state index contributed by atoms with van der Waals surface area (Å²) in [5, 5.41) is 35.6. The molecule has 0 aliphatic carbocycles. The van der Waals surface area contributed by atoms with E-state index in [1.54, 1.807) is 0 Å². The number of carboxylic acid groups (broad SMARTS) is 4. The van der Waals surface area contributed by atoms with Gasteiger partial charge in [-0.3, -0.25) is 0 Å². The first kappa shape index (κ1) is 70.1. The molecule has 14 heteroatoms. The van der Waals surface area contributed by atoms with Crippen molar-refractivity contribution in [2.24, 2.45) is 0 Å². The van der Waals surface area contributed by atoms with E-state index < -0.39 is 23.9 Å². The number of hydrogen-bond acceptors (Lipinski definition) is 8. The molecule has 0 heterocycles. The smallest absolute Gasteiger partial charge is 0.550 e. The number of carbonyl (C=O) groups excluding carboxylic acids is 4. The first-order valence-corrected chi connectivity index (χ1v) is 3.63. The van der Waals surface area contributed by atoms with Gasteiger partial charge in [-0.25, -0.2) is 0 Å². The molecule has 0 fully saturated rings. The van der Waals surface area contributed by atoms with Gasteiger partial charge in [-0.1, -0.05) is 0 Å². The van der Waals surface area contributed by atoms with Crippen LogP contribution in [0.5, 0.6) is 0 Å². The summed E-state index contributed by atoms with van der Waals surface area (Å²) in [6, 6.07) is 0. The van der Waals surface area contributed by atoms with Crippen LogP contribution in [-0.4, -0.2) is 45.8 Å². The van der Waals surface area contributed by atoms with Gasteiger partial charge in [0.1, 0.15) is 0 Å². The summed E-state index contributed by atoms with van der Waals surface area (Å²) in [4.78, 5) is 35.6. The van der Waals surface area contributed by atoms with Gasteiger partial charge in [-0.2, -0.15) is 0 Å². The molecule has 12 nitrogen and oxygen atoms in total. The third-order valence-electron chi connectivity index (χ3n) is 0. The van der Waals surface area contributed by atoms with Crippen molar-refractivity contribution in [3.63, 3.8) is 0 Å². The zero-order valence-electron chi connectivity index (χ0n) is 12.0. The van der Waals surface area contributed by atoms with Crippen molar-refractivity contribution in [3.8, 4) is 0 Å². The van der Waals surface area contributed by atoms with E-state index in [2.05, 4.69) is 0 Å². The molecule has 0 unspecified atom stereocenters. The third kappa shape index (κ3) is 3670. The van der Waals surface area contributed by atoms with Gasteiger partial charge >= 0.3 is 33.6 Å². The molecule has 0 aromatic rings. The van der Waals surface area contributed by atoms with Crippen molar-refractivity contribution >= 4 is 23.9 Å². The average Bonchev–Trinajstić information content (AvgIpc) is 1.76. The predicted molar refractivity (Wildman–Crippen MR) is 57.2 cm³/mol. The van der Waals surface area contributed by atoms with Gasteiger partial charge < -0.3 is 61.5 Å². The van der Waals surface area contributed by atoms with Crippen molar-refractivity contribution in [1.29, 1.82) is 0 Å². The molecule has 0 aliphatic rings. The SMILES string of the molecule is CC(=O)[O-].CC(=O)[O-].CC(=O)[O-].CC(=O)[O-].O.O.O.O.[Mn+2].[Ni+2]. The van der Waals surface area contributed by atoms with Gasteiger partial charge in [0, 0.05) is 23.9 Å². The average molecular weight is 422 g/mol. The summed E-state index contributed by atoms with van der Waals surface area (Å²) in [6.07, 6.45) is 0. The Morgan fingerprint density at radius 1 is 0.500 bits per heavy atom. The zero-order valence-corrected chi connectivity index (χ0v) is 14.1. The Morgan fingerprint density at radius 3 is 0.500 bits per heavy atom. The molecule has 1 radical (unpaired) electrons. The maximum atomic E-state index is 8.89. The van der Waals surface area contributed by atoms with Crippen molar-refractivity contribution in [2.75, 3.05) is 0 Å². The van der Waals surface area contributed by atoms with Crippen molar-refractivity contribution in [1.82, 2.24) is 0 Å². The normalized spacial score (nSPS) is 4.55. The minimum absolute atomic E-state index is 0. The number of carboxylic acids is 4. The molecule has 0 spiro atoms. The van der Waals surface area contributed by atoms with Crippen LogP contribution in [0.1, 0.15) is 27.7 Å². The van der Waals surface area contributed by atoms with E-state index in [1.807, 2.05) is 0 Å². The van der Waals surface area contributed by atoms with Crippen LogP contribution in [0.3, 0.4) is 0 Å². The van der Waals surface area contributed by atoms with E-state index >= 15 is 0 Å². The Hall–Kier alpha value is -1.27. The molecule has 0 atom stereocenters. The molecular formula is C8H20MnNiO12. The Kier molecular flexibility index (Phi) is 191. The topological polar surface area (TPSA) is 287 Å². The molecule has 0 rings (SSSR count). The number of rotatable bonds is 0. The quantitative estimate of drug-likeness (QED) is 0.337. The summed E-state index contributed by atoms with van der Waals surface area (Å²) in [5.41, 5.74) is 0. The van der Waals surface area contributed by atoms with E-state index in [0.29, 0.717) is 0 Å². The van der Waals surface area contributed by atoms with E-state index in [4.69, 9.17) is 39.6 Å². The Morgan fingerprint density at radius 2 is 0.500 bits per heavy atom. The second-order valence-corrected chi connectivity index (χ2v) is 1.97. The molecule has 0 amide bonds. The summed E-state index contributed by atoms with van der Waals surface area (Å²) in [5.74, 6) is -4.33. The maximum Gasteiger partial charge on any atom is 2.00 e. The molecule has 8 N–H and O–H groups in total. The van der Waals surface area contributed by atoms with Crippen molar-refractivity contribution in [2.45, 2.75) is 27.7 Å². The van der Waals surface area contributed by atoms with Crippen LogP contribution in [0, 0.1) is 0 Å². The minimum Gasteiger partial charge on any atom is -0.550 e. The van der Waals surface area contributed by atoms with Crippen LogP contribution in [0.15, 0.2) is 0 Å². The molecule has 0 aromatic heterocycles. The van der Waals surface area contributed by atoms with E-state index in [-0.39, 0.29) is 55.5 Å². The van der Waals surface area contributed by atoms with E-state index in [0.717, 1.165) is 27.7 Å². The number of hydrogen-bond donors (Lipinski definition) is 0. The summed E-state index contributed by atoms with van der Waals surface area (Å²) in [7, 11) is 0. The first-order chi connectivity index (χ1) is 6.93. The second-order valence-electron chi connectivity index (χ2n) is 1.97. The van der Waals surface area contributed by atoms with Gasteiger partial charge in [0.25, 0.3) is 0 Å². The van der Waals surface area contributed by atoms with E-state index in [1.165, 1.54) is 0 Å². The molecule has 0 bridgehead atoms. The largest absolute Gasteiger partial charge is 2.00 e. The van der Waals surface area contributed by atoms with Crippen LogP contribution in [0.25, 0.3) is 0 Å². The summed E-state index contributed by atoms with van der Waals surface area (Å²) >= 11 is 0. The first-order valence-electron chi connectivity index (χ1n) is 3.63. The fourth-order valence-electron chi connectivity index (χ4n) is 0. The van der Waals surface area contributed by atoms with Gasteiger partial charge in [0.05, 0.1) is 0 Å².